The molecule has 6 nitrogen and oxygen atoms in total. The third-order valence-electron chi connectivity index (χ3n) is 8.85. The Morgan fingerprint density at radius 3 is 2.29 bits per heavy atom. The van der Waals surface area contributed by atoms with E-state index < -0.39 is 5.97 Å². The van der Waals surface area contributed by atoms with Gasteiger partial charge in [-0.1, -0.05) is 51.9 Å². The maximum absolute atomic E-state index is 12.3. The van der Waals surface area contributed by atoms with Crippen molar-refractivity contribution in [1.29, 1.82) is 0 Å². The van der Waals surface area contributed by atoms with Gasteiger partial charge in [0.2, 0.25) is 5.91 Å². The highest BCUT2D eigenvalue weighted by Crippen LogP contribution is 2.62. The number of carbonyl (C=O) groups excluding carboxylic acids is 1. The molecule has 0 unspecified atom stereocenters. The van der Waals surface area contributed by atoms with Crippen LogP contribution in [-0.2, 0) is 15.0 Å². The van der Waals surface area contributed by atoms with Crippen molar-refractivity contribution in [3.63, 3.8) is 0 Å². The number of hydrogen-bond donors (Lipinski definition) is 3. The molecule has 8 heteroatoms. The van der Waals surface area contributed by atoms with E-state index >= 15 is 0 Å². The monoisotopic (exact) mass is 594 g/mol. The molecule has 4 aliphatic carbocycles. The topological polar surface area (TPSA) is 102 Å². The van der Waals surface area contributed by atoms with Crippen LogP contribution in [0.2, 0.25) is 0 Å². The third-order valence-corrected chi connectivity index (χ3v) is 11.3. The van der Waals surface area contributed by atoms with Gasteiger partial charge in [-0.15, -0.1) is 0 Å². The predicted octanol–water partition coefficient (Wildman–Crippen LogP) is 6.53. The van der Waals surface area contributed by atoms with Gasteiger partial charge in [-0.25, -0.2) is 4.79 Å². The van der Waals surface area contributed by atoms with Gasteiger partial charge in [-0.3, -0.25) is 4.79 Å². The molecule has 220 valence electrons. The van der Waals surface area contributed by atoms with Gasteiger partial charge in [0.15, 0.2) is 0 Å². The Kier molecular flexibility index (Phi) is 10.4. The SMILES string of the molecule is NCCSSCCNC(=O)CCCOc1ccc(-c2ccc(C=CC(=O)O)cc2)cc1C12CC3CC(CC(C3)C1)C2. The van der Waals surface area contributed by atoms with Crippen molar-refractivity contribution < 1.29 is 19.4 Å². The molecule has 41 heavy (non-hydrogen) atoms. The normalized spacial score (nSPS) is 24.6. The zero-order chi connectivity index (χ0) is 28.7. The molecule has 6 rings (SSSR count). The highest BCUT2D eigenvalue weighted by molar-refractivity contribution is 8.76. The van der Waals surface area contributed by atoms with E-state index in [0.29, 0.717) is 32.5 Å². The van der Waals surface area contributed by atoms with E-state index in [1.54, 1.807) is 27.7 Å². The second-order valence-corrected chi connectivity index (χ2v) is 14.6. The highest BCUT2D eigenvalue weighted by Gasteiger charge is 2.52. The number of benzene rings is 2. The molecule has 0 heterocycles. The first-order chi connectivity index (χ1) is 19.9. The predicted molar refractivity (Wildman–Crippen MR) is 170 cm³/mol. The van der Waals surface area contributed by atoms with Gasteiger partial charge in [0.25, 0.3) is 0 Å². The molecule has 0 spiro atoms. The van der Waals surface area contributed by atoms with Gasteiger partial charge in [0.1, 0.15) is 5.75 Å². The number of rotatable bonds is 15. The fraction of sp³-hybridized carbons (Fsp3) is 0.515. The van der Waals surface area contributed by atoms with Crippen molar-refractivity contribution in [2.45, 2.75) is 56.8 Å². The Labute approximate surface area is 251 Å². The number of hydrogen-bond acceptors (Lipinski definition) is 6. The average molecular weight is 595 g/mol. The molecule has 4 aliphatic rings. The molecule has 4 fully saturated rings. The first-order valence-electron chi connectivity index (χ1n) is 14.9. The van der Waals surface area contributed by atoms with Crippen LogP contribution in [0.5, 0.6) is 5.75 Å². The molecule has 1 amide bonds. The van der Waals surface area contributed by atoms with Crippen LogP contribution < -0.4 is 15.8 Å². The average Bonchev–Trinajstić information content (AvgIpc) is 2.95. The molecule has 0 radical (unpaired) electrons. The molecule has 2 aromatic rings. The quantitative estimate of drug-likeness (QED) is 0.122. The lowest BCUT2D eigenvalue weighted by atomic mass is 9.48. The van der Waals surface area contributed by atoms with Crippen LogP contribution in [0.1, 0.15) is 62.5 Å². The molecular weight excluding hydrogens is 553 g/mol. The summed E-state index contributed by atoms with van der Waals surface area (Å²) in [5.74, 6) is 4.41. The lowest BCUT2D eigenvalue weighted by Gasteiger charge is -2.57. The van der Waals surface area contributed by atoms with Gasteiger partial charge < -0.3 is 20.9 Å². The van der Waals surface area contributed by atoms with E-state index in [-0.39, 0.29) is 11.3 Å². The first-order valence-corrected chi connectivity index (χ1v) is 17.4. The summed E-state index contributed by atoms with van der Waals surface area (Å²) in [7, 11) is 3.49. The van der Waals surface area contributed by atoms with Crippen LogP contribution >= 0.6 is 21.6 Å². The Morgan fingerprint density at radius 2 is 1.63 bits per heavy atom. The number of nitrogens with one attached hydrogen (secondary N) is 1. The van der Waals surface area contributed by atoms with E-state index in [1.165, 1.54) is 55.7 Å². The summed E-state index contributed by atoms with van der Waals surface area (Å²) < 4.78 is 6.45. The minimum Gasteiger partial charge on any atom is -0.493 e. The summed E-state index contributed by atoms with van der Waals surface area (Å²) in [6.07, 6.45) is 11.9. The molecule has 0 saturated heterocycles. The minimum atomic E-state index is -0.946. The van der Waals surface area contributed by atoms with Crippen LogP contribution in [0.3, 0.4) is 0 Å². The van der Waals surface area contributed by atoms with Crippen molar-refractivity contribution in [1.82, 2.24) is 5.32 Å². The van der Waals surface area contributed by atoms with E-state index in [2.05, 4.69) is 35.6 Å². The highest BCUT2D eigenvalue weighted by atomic mass is 33.1. The second-order valence-electron chi connectivity index (χ2n) is 11.9. The Morgan fingerprint density at radius 1 is 0.976 bits per heavy atom. The molecular formula is C33H42N2O4S2. The Hall–Kier alpha value is -2.42. The summed E-state index contributed by atoms with van der Waals surface area (Å²) in [5.41, 5.74) is 10.2. The van der Waals surface area contributed by atoms with Gasteiger partial charge in [0.05, 0.1) is 6.61 Å². The van der Waals surface area contributed by atoms with Crippen LogP contribution in [0.25, 0.3) is 17.2 Å². The standard InChI is InChI=1S/C33H42N2O4S2/c34-11-14-40-41-15-12-35-31(36)2-1-13-39-30-9-8-28(27-6-3-23(4-7-27)5-10-32(37)38)19-29(30)33-20-24-16-25(21-33)18-26(17-24)22-33/h3-10,19,24-26H,1-2,11-18,20-22,34H2,(H,35,36)(H,37,38). The molecule has 0 aliphatic heterocycles. The van der Waals surface area contributed by atoms with Crippen LogP contribution in [0, 0.1) is 17.8 Å². The van der Waals surface area contributed by atoms with E-state index in [0.717, 1.165) is 46.1 Å². The smallest absolute Gasteiger partial charge is 0.328 e. The molecule has 4 N–H and O–H groups in total. The number of nitrogens with two attached hydrogens (primary N) is 1. The van der Waals surface area contributed by atoms with Crippen LogP contribution in [0.15, 0.2) is 48.5 Å². The lowest BCUT2D eigenvalue weighted by molar-refractivity contribution is -0.131. The summed E-state index contributed by atoms with van der Waals surface area (Å²) >= 11 is 0. The van der Waals surface area contributed by atoms with E-state index in [9.17, 15) is 9.59 Å². The number of ether oxygens (including phenoxy) is 1. The van der Waals surface area contributed by atoms with Gasteiger partial charge >= 0.3 is 5.97 Å². The number of aliphatic carboxylic acids is 1. The van der Waals surface area contributed by atoms with Crippen molar-refractivity contribution in [2.24, 2.45) is 23.5 Å². The van der Waals surface area contributed by atoms with Gasteiger partial charge in [-0.05, 0) is 103 Å². The Bertz CT molecular complexity index is 1190. The van der Waals surface area contributed by atoms with Crippen LogP contribution in [0.4, 0.5) is 0 Å². The minimum absolute atomic E-state index is 0.0799. The third kappa shape index (κ3) is 7.90. The molecule has 4 saturated carbocycles. The second kappa shape index (κ2) is 14.2. The van der Waals surface area contributed by atoms with Crippen molar-refractivity contribution >= 4 is 39.5 Å². The van der Waals surface area contributed by atoms with E-state index in [4.69, 9.17) is 15.6 Å². The summed E-state index contributed by atoms with van der Waals surface area (Å²) in [5, 5.41) is 11.9. The number of carboxylic acids is 1. The molecule has 0 aromatic heterocycles. The van der Waals surface area contributed by atoms with Crippen LogP contribution in [-0.4, -0.2) is 48.2 Å². The van der Waals surface area contributed by atoms with Gasteiger partial charge in [-0.2, -0.15) is 0 Å². The zero-order valence-electron chi connectivity index (χ0n) is 23.7. The molecule has 0 atom stereocenters. The number of amides is 1. The fourth-order valence-corrected chi connectivity index (χ4v) is 9.31. The summed E-state index contributed by atoms with van der Waals surface area (Å²) in [6.45, 7) is 1.88. The largest absolute Gasteiger partial charge is 0.493 e. The van der Waals surface area contributed by atoms with Crippen molar-refractivity contribution in [3.05, 3.63) is 59.7 Å². The summed E-state index contributed by atoms with van der Waals surface area (Å²) in [4.78, 5) is 23.2. The summed E-state index contributed by atoms with van der Waals surface area (Å²) in [6, 6.07) is 14.7. The molecule has 2 aromatic carbocycles. The van der Waals surface area contributed by atoms with Gasteiger partial charge in [0, 0.05) is 42.7 Å². The maximum Gasteiger partial charge on any atom is 0.328 e. The zero-order valence-corrected chi connectivity index (χ0v) is 25.3. The van der Waals surface area contributed by atoms with Crippen molar-refractivity contribution in [3.8, 4) is 16.9 Å². The van der Waals surface area contributed by atoms with Crippen molar-refractivity contribution in [2.75, 3.05) is 31.2 Å². The fourth-order valence-electron chi connectivity index (χ4n) is 7.55. The Balaban J connectivity index is 1.26. The van der Waals surface area contributed by atoms with E-state index in [1.807, 2.05) is 12.1 Å². The lowest BCUT2D eigenvalue weighted by Crippen LogP contribution is -2.48. The maximum atomic E-state index is 12.3. The first kappa shape index (κ1) is 30.1. The number of carbonyl (C=O) groups is 2. The molecule has 4 bridgehead atoms. The number of carboxylic acid groups (broad SMARTS) is 1.